The van der Waals surface area contributed by atoms with Crippen LogP contribution in [-0.2, 0) is 14.8 Å². The highest BCUT2D eigenvalue weighted by Crippen LogP contribution is 2.18. The maximum absolute atomic E-state index is 12.4. The van der Waals surface area contributed by atoms with E-state index in [9.17, 15) is 13.2 Å². The summed E-state index contributed by atoms with van der Waals surface area (Å²) in [6, 6.07) is 6.32. The number of carbonyl (C=O) groups excluding carboxylic acids is 1. The Balaban J connectivity index is 0.00000264. The van der Waals surface area contributed by atoms with Crippen molar-refractivity contribution in [1.29, 1.82) is 0 Å². The zero-order valence-corrected chi connectivity index (χ0v) is 16.0. The van der Waals surface area contributed by atoms with E-state index in [-0.39, 0.29) is 35.8 Å². The van der Waals surface area contributed by atoms with Gasteiger partial charge < -0.3 is 10.6 Å². The van der Waals surface area contributed by atoms with Crippen molar-refractivity contribution in [2.24, 2.45) is 5.73 Å². The van der Waals surface area contributed by atoms with Crippen LogP contribution in [0.15, 0.2) is 33.6 Å². The minimum atomic E-state index is -3.67. The molecule has 1 aliphatic rings. The van der Waals surface area contributed by atoms with E-state index in [4.69, 9.17) is 5.73 Å². The summed E-state index contributed by atoms with van der Waals surface area (Å²) in [5.74, 6) is -0.210. The van der Waals surface area contributed by atoms with Crippen LogP contribution in [0.4, 0.5) is 0 Å². The van der Waals surface area contributed by atoms with Gasteiger partial charge in [-0.25, -0.2) is 8.42 Å². The lowest BCUT2D eigenvalue weighted by atomic mass is 10.1. The van der Waals surface area contributed by atoms with Crippen molar-refractivity contribution in [3.05, 3.63) is 28.7 Å². The standard InChI is InChI=1S/C14H20BrN3O3S.ClH/c1-17(10-14(19)18-8-2-3-12(16)9-18)22(20,21)13-6-4-11(15)5-7-13;/h4-7,12H,2-3,8-10,16H2,1H3;1H. The maximum atomic E-state index is 12.4. The number of benzene rings is 1. The number of hydrogen-bond acceptors (Lipinski definition) is 4. The number of sulfonamides is 1. The van der Waals surface area contributed by atoms with Crippen LogP contribution in [0.25, 0.3) is 0 Å². The molecule has 1 fully saturated rings. The zero-order valence-electron chi connectivity index (χ0n) is 12.8. The largest absolute Gasteiger partial charge is 0.340 e. The third-order valence-corrected chi connectivity index (χ3v) is 6.04. The second-order valence-corrected chi connectivity index (χ2v) is 8.42. The van der Waals surface area contributed by atoms with Gasteiger partial charge in [-0.1, -0.05) is 15.9 Å². The van der Waals surface area contributed by atoms with Crippen LogP contribution in [0.1, 0.15) is 12.8 Å². The number of hydrogen-bond donors (Lipinski definition) is 1. The number of likely N-dealkylation sites (N-methyl/N-ethyl adjacent to an activating group) is 1. The van der Waals surface area contributed by atoms with E-state index in [0.29, 0.717) is 13.1 Å². The predicted molar refractivity (Wildman–Crippen MR) is 95.0 cm³/mol. The van der Waals surface area contributed by atoms with E-state index in [0.717, 1.165) is 21.6 Å². The molecule has 1 saturated heterocycles. The van der Waals surface area contributed by atoms with Crippen molar-refractivity contribution in [2.45, 2.75) is 23.8 Å². The van der Waals surface area contributed by atoms with Crippen LogP contribution >= 0.6 is 28.3 Å². The van der Waals surface area contributed by atoms with Crippen molar-refractivity contribution in [1.82, 2.24) is 9.21 Å². The Kier molecular flexibility index (Phi) is 7.47. The van der Waals surface area contributed by atoms with E-state index < -0.39 is 10.0 Å². The fraction of sp³-hybridized carbons (Fsp3) is 0.500. The van der Waals surface area contributed by atoms with Crippen molar-refractivity contribution < 1.29 is 13.2 Å². The van der Waals surface area contributed by atoms with Gasteiger partial charge in [-0.3, -0.25) is 4.79 Å². The first kappa shape index (κ1) is 20.4. The minimum Gasteiger partial charge on any atom is -0.340 e. The Hall–Kier alpha value is -0.670. The summed E-state index contributed by atoms with van der Waals surface area (Å²) in [5.41, 5.74) is 5.85. The summed E-state index contributed by atoms with van der Waals surface area (Å²) in [6.07, 6.45) is 1.76. The fourth-order valence-electron chi connectivity index (χ4n) is 2.40. The topological polar surface area (TPSA) is 83.7 Å². The van der Waals surface area contributed by atoms with Crippen LogP contribution in [0, 0.1) is 0 Å². The van der Waals surface area contributed by atoms with Gasteiger partial charge in [0.2, 0.25) is 15.9 Å². The molecule has 0 spiro atoms. The molecule has 1 aromatic carbocycles. The average molecular weight is 427 g/mol. The number of piperidine rings is 1. The van der Waals surface area contributed by atoms with Crippen LogP contribution in [0.5, 0.6) is 0 Å². The molecule has 0 aromatic heterocycles. The molecule has 1 aromatic rings. The summed E-state index contributed by atoms with van der Waals surface area (Å²) in [6.45, 7) is 0.953. The third kappa shape index (κ3) is 5.15. The summed E-state index contributed by atoms with van der Waals surface area (Å²) < 4.78 is 26.8. The lowest BCUT2D eigenvalue weighted by Gasteiger charge is -2.31. The Morgan fingerprint density at radius 1 is 1.39 bits per heavy atom. The van der Waals surface area contributed by atoms with Crippen molar-refractivity contribution >= 4 is 44.3 Å². The zero-order chi connectivity index (χ0) is 16.3. The lowest BCUT2D eigenvalue weighted by Crippen LogP contribution is -2.49. The molecule has 1 aliphatic heterocycles. The molecule has 130 valence electrons. The van der Waals surface area contributed by atoms with E-state index in [1.165, 1.54) is 19.2 Å². The van der Waals surface area contributed by atoms with Crippen molar-refractivity contribution in [2.75, 3.05) is 26.7 Å². The van der Waals surface area contributed by atoms with Gasteiger partial charge >= 0.3 is 0 Å². The normalized spacial score (nSPS) is 18.6. The van der Waals surface area contributed by atoms with E-state index >= 15 is 0 Å². The molecule has 9 heteroatoms. The van der Waals surface area contributed by atoms with Crippen LogP contribution in [0.3, 0.4) is 0 Å². The monoisotopic (exact) mass is 425 g/mol. The average Bonchev–Trinajstić information content (AvgIpc) is 2.47. The van der Waals surface area contributed by atoms with Gasteiger partial charge in [0.05, 0.1) is 11.4 Å². The Morgan fingerprint density at radius 3 is 2.57 bits per heavy atom. The number of likely N-dealkylation sites (tertiary alicyclic amines) is 1. The van der Waals surface area contributed by atoms with Gasteiger partial charge in [-0.05, 0) is 37.1 Å². The summed E-state index contributed by atoms with van der Waals surface area (Å²) in [4.78, 5) is 14.1. The second kappa shape index (κ2) is 8.43. The van der Waals surface area contributed by atoms with Gasteiger partial charge in [0.15, 0.2) is 0 Å². The van der Waals surface area contributed by atoms with Gasteiger partial charge in [0.1, 0.15) is 0 Å². The van der Waals surface area contributed by atoms with E-state index in [1.54, 1.807) is 17.0 Å². The van der Waals surface area contributed by atoms with Crippen molar-refractivity contribution in [3.8, 4) is 0 Å². The highest BCUT2D eigenvalue weighted by molar-refractivity contribution is 9.10. The molecule has 0 radical (unpaired) electrons. The minimum absolute atomic E-state index is 0. The predicted octanol–water partition coefficient (Wildman–Crippen LogP) is 1.44. The third-order valence-electron chi connectivity index (χ3n) is 3.69. The molecule has 6 nitrogen and oxygen atoms in total. The molecule has 1 amide bonds. The summed E-state index contributed by atoms with van der Waals surface area (Å²) >= 11 is 3.27. The van der Waals surface area contributed by atoms with Gasteiger partial charge in [-0.2, -0.15) is 4.31 Å². The fourth-order valence-corrected chi connectivity index (χ4v) is 3.78. The molecule has 1 heterocycles. The van der Waals surface area contributed by atoms with Gasteiger partial charge in [0.25, 0.3) is 0 Å². The summed E-state index contributed by atoms with van der Waals surface area (Å²) in [5, 5.41) is 0. The Labute approximate surface area is 151 Å². The van der Waals surface area contributed by atoms with Crippen LogP contribution < -0.4 is 5.73 Å². The molecular weight excluding hydrogens is 406 g/mol. The van der Waals surface area contributed by atoms with Crippen molar-refractivity contribution in [3.63, 3.8) is 0 Å². The molecule has 0 aliphatic carbocycles. The Morgan fingerprint density at radius 2 is 2.00 bits per heavy atom. The molecule has 0 bridgehead atoms. The maximum Gasteiger partial charge on any atom is 0.243 e. The van der Waals surface area contributed by atoms with Crippen LogP contribution in [-0.4, -0.2) is 56.3 Å². The smallest absolute Gasteiger partial charge is 0.243 e. The number of amides is 1. The highest BCUT2D eigenvalue weighted by Gasteiger charge is 2.27. The summed E-state index contributed by atoms with van der Waals surface area (Å²) in [7, 11) is -2.25. The first-order chi connectivity index (χ1) is 10.3. The molecule has 1 unspecified atom stereocenters. The van der Waals surface area contributed by atoms with Gasteiger partial charge in [0, 0.05) is 30.7 Å². The van der Waals surface area contributed by atoms with Crippen LogP contribution in [0.2, 0.25) is 0 Å². The molecule has 1 atom stereocenters. The first-order valence-electron chi connectivity index (χ1n) is 7.06. The molecule has 2 N–H and O–H groups in total. The molecule has 2 rings (SSSR count). The van der Waals surface area contributed by atoms with Gasteiger partial charge in [-0.15, -0.1) is 12.4 Å². The quantitative estimate of drug-likeness (QED) is 0.789. The number of halogens is 2. The number of rotatable bonds is 4. The Bertz CT molecular complexity index is 639. The number of nitrogens with zero attached hydrogens (tertiary/aromatic N) is 2. The molecular formula is C14H21BrClN3O3S. The molecule has 23 heavy (non-hydrogen) atoms. The lowest BCUT2D eigenvalue weighted by molar-refractivity contribution is -0.132. The SMILES string of the molecule is CN(CC(=O)N1CCCC(N)C1)S(=O)(=O)c1ccc(Br)cc1.Cl. The number of nitrogens with two attached hydrogens (primary N) is 1. The molecule has 0 saturated carbocycles. The van der Waals surface area contributed by atoms with E-state index in [2.05, 4.69) is 15.9 Å². The number of carbonyl (C=O) groups is 1. The van der Waals surface area contributed by atoms with E-state index in [1.807, 2.05) is 0 Å². The second-order valence-electron chi connectivity index (χ2n) is 5.46. The first-order valence-corrected chi connectivity index (χ1v) is 9.29. The highest BCUT2D eigenvalue weighted by atomic mass is 79.9.